The monoisotopic (exact) mass is 290 g/mol. The van der Waals surface area contributed by atoms with E-state index >= 15 is 0 Å². The molecule has 8 heteroatoms. The predicted molar refractivity (Wildman–Crippen MR) is 68.0 cm³/mol. The maximum atomic E-state index is 5.71. The van der Waals surface area contributed by atoms with Gasteiger partial charge in [-0.15, -0.1) is 24.5 Å². The average Bonchev–Trinajstić information content (AvgIpc) is 1.57. The largest absolute Gasteiger partial charge is 0.127 e. The molecule has 0 aromatic heterocycles. The van der Waals surface area contributed by atoms with E-state index in [1.165, 1.54) is 0 Å². The van der Waals surface area contributed by atoms with E-state index in [-0.39, 0.29) is 0 Å². The fourth-order valence-corrected chi connectivity index (χ4v) is 6.66. The van der Waals surface area contributed by atoms with Crippen molar-refractivity contribution in [2.45, 2.75) is 0 Å². The Morgan fingerprint density at radius 3 is 1.30 bits per heavy atom. The molecule has 0 N–H and O–H groups in total. The zero-order valence-electron chi connectivity index (χ0n) is 4.78. The second kappa shape index (κ2) is 4.72. The van der Waals surface area contributed by atoms with E-state index in [1.54, 1.807) is 0 Å². The van der Waals surface area contributed by atoms with Crippen LogP contribution >= 0.6 is 56.2 Å². The molecule has 0 saturated carbocycles. The van der Waals surface area contributed by atoms with Gasteiger partial charge >= 0.3 is 0 Å². The number of rotatable bonds is 3. The third kappa shape index (κ3) is 10.6. The fraction of sp³-hybridized carbons (Fsp3) is 1.00. The van der Waals surface area contributed by atoms with Crippen LogP contribution in [0.3, 0.4) is 0 Å². The Morgan fingerprint density at radius 1 is 1.00 bits per heavy atom. The summed E-state index contributed by atoms with van der Waals surface area (Å²) in [7, 11) is 0. The minimum Gasteiger partial charge on any atom is -0.127 e. The first-order valence-electron chi connectivity index (χ1n) is 2.24. The molecule has 0 aliphatic heterocycles. The second-order valence-electron chi connectivity index (χ2n) is 1.68. The van der Waals surface area contributed by atoms with Gasteiger partial charge in [0.15, 0.2) is 0 Å². The van der Waals surface area contributed by atoms with Crippen LogP contribution in [0.1, 0.15) is 0 Å². The van der Waals surface area contributed by atoms with Gasteiger partial charge in [0.05, 0.1) is 9.18 Å². The highest BCUT2D eigenvalue weighted by atomic mass is 35.7. The average molecular weight is 291 g/mol. The third-order valence-corrected chi connectivity index (χ3v) is 5.86. The first kappa shape index (κ1) is 12.6. The zero-order chi connectivity index (χ0) is 8.41. The van der Waals surface area contributed by atoms with E-state index in [0.29, 0.717) is 12.3 Å². The molecule has 2 atom stereocenters. The minimum atomic E-state index is -1.93. The number of hydrogen-bond acceptors (Lipinski definition) is 2. The van der Waals surface area contributed by atoms with E-state index in [2.05, 4.69) is 24.5 Å². The van der Waals surface area contributed by atoms with Gasteiger partial charge in [-0.05, 0) is 0 Å². The molecule has 0 fully saturated rings. The van der Waals surface area contributed by atoms with Gasteiger partial charge in [-0.1, -0.05) is 46.1 Å². The van der Waals surface area contributed by atoms with Gasteiger partial charge in [-0.25, -0.2) is 0 Å². The van der Waals surface area contributed by atoms with Crippen LogP contribution in [0.5, 0.6) is 0 Å². The Bertz CT molecular complexity index is 169. The van der Waals surface area contributed by atoms with Gasteiger partial charge in [0, 0.05) is 12.3 Å². The molecule has 0 amide bonds. The van der Waals surface area contributed by atoms with Crippen molar-refractivity contribution in [2.75, 3.05) is 12.3 Å². The second-order valence-corrected chi connectivity index (χ2v) is 20.6. The van der Waals surface area contributed by atoms with Crippen LogP contribution in [0.4, 0.5) is 0 Å². The molecule has 0 aliphatic rings. The molecule has 0 spiro atoms. The van der Waals surface area contributed by atoms with E-state index in [9.17, 15) is 0 Å². The smallest absolute Gasteiger partial charge is 0.0864 e. The van der Waals surface area contributed by atoms with Crippen molar-refractivity contribution in [3.63, 3.8) is 0 Å². The minimum absolute atomic E-state index is 0.622. The van der Waals surface area contributed by atoms with Crippen molar-refractivity contribution in [2.24, 2.45) is 0 Å². The lowest BCUT2D eigenvalue weighted by molar-refractivity contribution is 1.55. The lowest BCUT2D eigenvalue weighted by atomic mass is 11.0. The summed E-state index contributed by atoms with van der Waals surface area (Å²) < 4.78 is -3.87. The first-order chi connectivity index (χ1) is 4.21. The van der Waals surface area contributed by atoms with Crippen LogP contribution in [0, 0.1) is 0 Å². The Balaban J connectivity index is 3.79. The molecule has 2 unspecified atom stereocenters. The summed E-state index contributed by atoms with van der Waals surface area (Å²) in [6, 6.07) is 0. The number of halogens is 2. The summed E-state index contributed by atoms with van der Waals surface area (Å²) >= 11 is 29.2. The number of hydrogen-bond donors (Lipinski definition) is 2. The van der Waals surface area contributed by atoms with Crippen LogP contribution in [-0.2, 0) is 23.6 Å². The normalized spacial score (nSPS) is 23.2. The maximum absolute atomic E-state index is 5.71. The van der Waals surface area contributed by atoms with Crippen molar-refractivity contribution in [1.29, 1.82) is 0 Å². The molecule has 0 saturated heterocycles. The third-order valence-electron chi connectivity index (χ3n) is 0.652. The van der Waals surface area contributed by atoms with E-state index in [1.807, 2.05) is 0 Å². The lowest BCUT2D eigenvalue weighted by Gasteiger charge is -2.08. The standard InChI is InChI=1S/C2H6Cl2P2S4/c3-5(7,8)1-2-6(4,9)10/h1-2H2,(H,7,8)(H,9,10). The van der Waals surface area contributed by atoms with Crippen molar-refractivity contribution in [3.8, 4) is 0 Å². The van der Waals surface area contributed by atoms with Gasteiger partial charge in [0.25, 0.3) is 0 Å². The molecule has 0 aliphatic carbocycles. The van der Waals surface area contributed by atoms with Crippen LogP contribution in [0.15, 0.2) is 0 Å². The molecule has 0 nitrogen and oxygen atoms in total. The maximum Gasteiger partial charge on any atom is 0.0864 e. The molecule has 10 heavy (non-hydrogen) atoms. The summed E-state index contributed by atoms with van der Waals surface area (Å²) in [4.78, 5) is 0. The number of thiol groups is 2. The molecule has 0 radical (unpaired) electrons. The molecule has 0 aromatic rings. The van der Waals surface area contributed by atoms with Crippen molar-refractivity contribution in [1.82, 2.24) is 0 Å². The molecule has 0 bridgehead atoms. The highest BCUT2D eigenvalue weighted by Gasteiger charge is 2.12. The molecular weight excluding hydrogens is 285 g/mol. The van der Waals surface area contributed by atoms with E-state index < -0.39 is 9.18 Å². The highest BCUT2D eigenvalue weighted by molar-refractivity contribution is 8.73. The fourth-order valence-electron chi connectivity index (χ4n) is 0.247. The van der Waals surface area contributed by atoms with E-state index in [0.717, 1.165) is 0 Å². The highest BCUT2D eigenvalue weighted by Crippen LogP contribution is 2.63. The van der Waals surface area contributed by atoms with Gasteiger partial charge < -0.3 is 0 Å². The zero-order valence-corrected chi connectivity index (χ0v) is 11.5. The van der Waals surface area contributed by atoms with Gasteiger partial charge in [0.2, 0.25) is 0 Å². The molecule has 0 aromatic carbocycles. The molecular formula is C2H6Cl2P2S4. The van der Waals surface area contributed by atoms with E-state index in [4.69, 9.17) is 46.1 Å². The molecule has 0 rings (SSSR count). The predicted octanol–water partition coefficient (Wildman–Crippen LogP) is 3.94. The lowest BCUT2D eigenvalue weighted by Crippen LogP contribution is -1.82. The summed E-state index contributed by atoms with van der Waals surface area (Å²) in [5, 5.41) is 0. The SMILES string of the molecule is S=P(S)(Cl)CCP(=S)(S)Cl. The van der Waals surface area contributed by atoms with Gasteiger partial charge in [0.1, 0.15) is 0 Å². The topological polar surface area (TPSA) is 0 Å². The summed E-state index contributed by atoms with van der Waals surface area (Å²) in [6.45, 7) is 0. The van der Waals surface area contributed by atoms with Crippen LogP contribution in [0.25, 0.3) is 0 Å². The van der Waals surface area contributed by atoms with Crippen molar-refractivity contribution in [3.05, 3.63) is 0 Å². The van der Waals surface area contributed by atoms with Gasteiger partial charge in [-0.3, -0.25) is 0 Å². The van der Waals surface area contributed by atoms with Crippen LogP contribution < -0.4 is 0 Å². The van der Waals surface area contributed by atoms with Crippen LogP contribution in [0.2, 0.25) is 0 Å². The summed E-state index contributed by atoms with van der Waals surface area (Å²) in [5.41, 5.74) is 0. The van der Waals surface area contributed by atoms with Crippen molar-refractivity contribution >= 4 is 79.8 Å². The molecule has 62 valence electrons. The summed E-state index contributed by atoms with van der Waals surface area (Å²) in [6.07, 6.45) is 1.24. The van der Waals surface area contributed by atoms with Crippen LogP contribution in [-0.4, -0.2) is 12.3 Å². The Morgan fingerprint density at radius 2 is 1.20 bits per heavy atom. The quantitative estimate of drug-likeness (QED) is 0.597. The Hall–Kier alpha value is 2.58. The molecule has 0 heterocycles. The Kier molecular flexibility index (Phi) is 5.93. The van der Waals surface area contributed by atoms with Gasteiger partial charge in [-0.2, -0.15) is 0 Å². The first-order valence-corrected chi connectivity index (χ1v) is 12.3. The van der Waals surface area contributed by atoms with Crippen molar-refractivity contribution < 1.29 is 0 Å². The summed E-state index contributed by atoms with van der Waals surface area (Å²) in [5.74, 6) is 0. The Labute approximate surface area is 91.3 Å².